The lowest BCUT2D eigenvalue weighted by molar-refractivity contribution is -0.140. The molecule has 1 atom stereocenters. The third-order valence-electron chi connectivity index (χ3n) is 5.52. The molecule has 34 heavy (non-hydrogen) atoms. The molecule has 3 rings (SSSR count). The van der Waals surface area contributed by atoms with Gasteiger partial charge in [0, 0.05) is 29.6 Å². The van der Waals surface area contributed by atoms with E-state index in [1.54, 1.807) is 23.1 Å². The molecule has 6 heteroatoms. The highest BCUT2D eigenvalue weighted by Crippen LogP contribution is 2.22. The van der Waals surface area contributed by atoms with Gasteiger partial charge in [-0.3, -0.25) is 9.59 Å². The summed E-state index contributed by atoms with van der Waals surface area (Å²) in [6, 6.07) is 23.7. The Hall–Kier alpha value is -2.82. The summed E-state index contributed by atoms with van der Waals surface area (Å²) in [4.78, 5) is 28.7. The molecule has 0 saturated carbocycles. The molecule has 0 aromatic heterocycles. The van der Waals surface area contributed by atoms with Gasteiger partial charge in [-0.1, -0.05) is 97.7 Å². The van der Waals surface area contributed by atoms with Gasteiger partial charge >= 0.3 is 0 Å². The number of carbonyl (C=O) groups is 2. The lowest BCUT2D eigenvalue weighted by Gasteiger charge is -2.32. The van der Waals surface area contributed by atoms with Crippen LogP contribution in [0.4, 0.5) is 0 Å². The van der Waals surface area contributed by atoms with Gasteiger partial charge in [-0.05, 0) is 40.8 Å². The van der Waals surface area contributed by atoms with Gasteiger partial charge in [-0.2, -0.15) is 0 Å². The fraction of sp³-hybridized carbons (Fsp3) is 0.286. The van der Waals surface area contributed by atoms with E-state index in [-0.39, 0.29) is 24.8 Å². The van der Waals surface area contributed by atoms with Crippen molar-refractivity contribution in [2.45, 2.75) is 39.3 Å². The molecular formula is C28H30Cl2N2O2. The summed E-state index contributed by atoms with van der Waals surface area (Å²) < 4.78 is 0. The van der Waals surface area contributed by atoms with Crippen molar-refractivity contribution >= 4 is 35.0 Å². The lowest BCUT2D eigenvalue weighted by Crippen LogP contribution is -2.51. The molecule has 1 N–H and O–H groups in total. The van der Waals surface area contributed by atoms with Crippen molar-refractivity contribution in [1.29, 1.82) is 0 Å². The third-order valence-corrected chi connectivity index (χ3v) is 6.14. The molecule has 0 fully saturated rings. The first-order chi connectivity index (χ1) is 16.3. The second-order valence-electron chi connectivity index (χ2n) is 8.76. The van der Waals surface area contributed by atoms with E-state index in [2.05, 4.69) is 5.32 Å². The predicted molar refractivity (Wildman–Crippen MR) is 139 cm³/mol. The number of halogens is 2. The maximum absolute atomic E-state index is 13.7. The molecule has 3 aromatic rings. The monoisotopic (exact) mass is 496 g/mol. The van der Waals surface area contributed by atoms with Crippen LogP contribution in [0, 0.1) is 5.92 Å². The van der Waals surface area contributed by atoms with E-state index in [1.807, 2.05) is 74.5 Å². The Bertz CT molecular complexity index is 1090. The van der Waals surface area contributed by atoms with Gasteiger partial charge in [0.25, 0.3) is 0 Å². The van der Waals surface area contributed by atoms with Crippen molar-refractivity contribution in [3.63, 3.8) is 0 Å². The van der Waals surface area contributed by atoms with Crippen molar-refractivity contribution in [3.8, 4) is 0 Å². The maximum Gasteiger partial charge on any atom is 0.243 e. The first kappa shape index (κ1) is 25.8. The SMILES string of the molecule is CC(C)CNC(=O)C(Cc1ccccc1)N(Cc1ccccc1Cl)C(=O)Cc1ccc(Cl)cc1. The highest BCUT2D eigenvalue weighted by atomic mass is 35.5. The molecule has 2 amide bonds. The van der Waals surface area contributed by atoms with E-state index < -0.39 is 6.04 Å². The molecule has 178 valence electrons. The maximum atomic E-state index is 13.7. The average Bonchev–Trinajstić information content (AvgIpc) is 2.83. The van der Waals surface area contributed by atoms with E-state index >= 15 is 0 Å². The normalized spacial score (nSPS) is 11.8. The highest BCUT2D eigenvalue weighted by Gasteiger charge is 2.30. The zero-order chi connectivity index (χ0) is 24.5. The molecule has 0 heterocycles. The van der Waals surface area contributed by atoms with Gasteiger partial charge in [-0.15, -0.1) is 0 Å². The number of hydrogen-bond acceptors (Lipinski definition) is 2. The summed E-state index contributed by atoms with van der Waals surface area (Å²) in [5, 5.41) is 4.20. The van der Waals surface area contributed by atoms with Crippen molar-refractivity contribution in [3.05, 3.63) is 106 Å². The van der Waals surface area contributed by atoms with Gasteiger partial charge in [0.15, 0.2) is 0 Å². The quantitative estimate of drug-likeness (QED) is 0.377. The summed E-state index contributed by atoms with van der Waals surface area (Å²) >= 11 is 12.5. The van der Waals surface area contributed by atoms with Crippen LogP contribution >= 0.6 is 23.2 Å². The van der Waals surface area contributed by atoms with Crippen molar-refractivity contribution < 1.29 is 9.59 Å². The van der Waals surface area contributed by atoms with Crippen LogP contribution in [0.15, 0.2) is 78.9 Å². The van der Waals surface area contributed by atoms with Crippen LogP contribution in [0.1, 0.15) is 30.5 Å². The first-order valence-corrected chi connectivity index (χ1v) is 12.2. The molecule has 0 bridgehead atoms. The molecule has 4 nitrogen and oxygen atoms in total. The zero-order valence-corrected chi connectivity index (χ0v) is 21.0. The largest absolute Gasteiger partial charge is 0.354 e. The third kappa shape index (κ3) is 7.61. The number of hydrogen-bond donors (Lipinski definition) is 1. The molecule has 0 spiro atoms. The molecule has 0 aliphatic heterocycles. The minimum atomic E-state index is -0.683. The van der Waals surface area contributed by atoms with Crippen molar-refractivity contribution in [2.75, 3.05) is 6.54 Å². The number of carbonyl (C=O) groups excluding carboxylic acids is 2. The molecule has 0 saturated heterocycles. The van der Waals surface area contributed by atoms with Crippen molar-refractivity contribution in [1.82, 2.24) is 10.2 Å². The van der Waals surface area contributed by atoms with E-state index in [1.165, 1.54) is 0 Å². The molecule has 0 aliphatic rings. The van der Waals surface area contributed by atoms with Crippen LogP contribution in [-0.2, 0) is 29.0 Å². The lowest BCUT2D eigenvalue weighted by atomic mass is 10.0. The van der Waals surface area contributed by atoms with Gasteiger partial charge in [-0.25, -0.2) is 0 Å². The van der Waals surface area contributed by atoms with Crippen LogP contribution in [0.5, 0.6) is 0 Å². The summed E-state index contributed by atoms with van der Waals surface area (Å²) in [6.07, 6.45) is 0.561. The molecular weight excluding hydrogens is 467 g/mol. The Morgan fingerprint density at radius 1 is 0.853 bits per heavy atom. The Balaban J connectivity index is 1.96. The van der Waals surface area contributed by atoms with E-state index in [9.17, 15) is 9.59 Å². The fourth-order valence-corrected chi connectivity index (χ4v) is 3.99. The number of rotatable bonds is 10. The molecule has 1 unspecified atom stereocenters. The Morgan fingerprint density at radius 3 is 2.15 bits per heavy atom. The van der Waals surface area contributed by atoms with E-state index in [4.69, 9.17) is 23.2 Å². The van der Waals surface area contributed by atoms with Gasteiger partial charge in [0.2, 0.25) is 11.8 Å². The van der Waals surface area contributed by atoms with Gasteiger partial charge < -0.3 is 10.2 Å². The second kappa shape index (κ2) is 12.6. The van der Waals surface area contributed by atoms with Gasteiger partial charge in [0.1, 0.15) is 6.04 Å². The van der Waals surface area contributed by atoms with Crippen LogP contribution < -0.4 is 5.32 Å². The van der Waals surface area contributed by atoms with Crippen molar-refractivity contribution in [2.24, 2.45) is 5.92 Å². The first-order valence-electron chi connectivity index (χ1n) is 11.4. The number of nitrogens with one attached hydrogen (secondary N) is 1. The number of amides is 2. The smallest absolute Gasteiger partial charge is 0.243 e. The minimum Gasteiger partial charge on any atom is -0.354 e. The topological polar surface area (TPSA) is 49.4 Å². The molecule has 0 aliphatic carbocycles. The Morgan fingerprint density at radius 2 is 1.50 bits per heavy atom. The summed E-state index contributed by atoms with van der Waals surface area (Å²) in [5.74, 6) is -0.0277. The molecule has 0 radical (unpaired) electrons. The second-order valence-corrected chi connectivity index (χ2v) is 9.60. The zero-order valence-electron chi connectivity index (χ0n) is 19.5. The van der Waals surface area contributed by atoms with Gasteiger partial charge in [0.05, 0.1) is 6.42 Å². The highest BCUT2D eigenvalue weighted by molar-refractivity contribution is 6.31. The van der Waals surface area contributed by atoms with Crippen LogP contribution in [0.3, 0.4) is 0 Å². The average molecular weight is 497 g/mol. The Kier molecular flexibility index (Phi) is 9.55. The van der Waals surface area contributed by atoms with E-state index in [0.717, 1.165) is 16.7 Å². The summed E-state index contributed by atoms with van der Waals surface area (Å²) in [6.45, 7) is 4.85. The minimum absolute atomic E-state index is 0.150. The number of benzene rings is 3. The van der Waals surface area contributed by atoms with Crippen LogP contribution in [0.25, 0.3) is 0 Å². The van der Waals surface area contributed by atoms with Crippen LogP contribution in [-0.4, -0.2) is 29.3 Å². The summed E-state index contributed by atoms with van der Waals surface area (Å²) in [7, 11) is 0. The predicted octanol–water partition coefficient (Wildman–Crippen LogP) is 5.95. The van der Waals surface area contributed by atoms with Crippen LogP contribution in [0.2, 0.25) is 10.0 Å². The summed E-state index contributed by atoms with van der Waals surface area (Å²) in [5.41, 5.74) is 2.61. The standard InChI is InChI=1S/C28H30Cl2N2O2/c1-20(2)18-31-28(34)26(16-21-8-4-3-5-9-21)32(19-23-10-6-7-11-25(23)30)27(33)17-22-12-14-24(29)15-13-22/h3-15,20,26H,16-19H2,1-2H3,(H,31,34). The Labute approximate surface area is 211 Å². The fourth-order valence-electron chi connectivity index (χ4n) is 3.67. The molecule has 3 aromatic carbocycles. The number of nitrogens with zero attached hydrogens (tertiary/aromatic N) is 1. The van der Waals surface area contributed by atoms with E-state index in [0.29, 0.717) is 28.9 Å².